The van der Waals surface area contributed by atoms with E-state index in [4.69, 9.17) is 22.4 Å². The molecule has 0 aliphatic heterocycles. The van der Waals surface area contributed by atoms with Gasteiger partial charge in [-0.3, -0.25) is 0 Å². The molecule has 3 N–H and O–H groups in total. The highest BCUT2D eigenvalue weighted by Gasteiger charge is 2.08. The number of nitrogen functional groups attached to an aromatic ring is 1. The predicted molar refractivity (Wildman–Crippen MR) is 50.5 cm³/mol. The number of anilines is 1. The molecule has 0 amide bonds. The van der Waals surface area contributed by atoms with Crippen LogP contribution in [0.1, 0.15) is 10.4 Å². The minimum atomic E-state index is -1.05. The molecule has 0 heterocycles. The number of carboxylic acid groups (broad SMARTS) is 1. The van der Waals surface area contributed by atoms with E-state index in [1.54, 1.807) is 0 Å². The Hall–Kier alpha value is -0.740. The molecular formula is C7H5BrClNO2. The van der Waals surface area contributed by atoms with Crippen LogP contribution < -0.4 is 5.73 Å². The van der Waals surface area contributed by atoms with Crippen molar-refractivity contribution in [3.63, 3.8) is 0 Å². The number of hydrogen-bond donors (Lipinski definition) is 2. The highest BCUT2D eigenvalue weighted by atomic mass is 79.9. The van der Waals surface area contributed by atoms with Crippen LogP contribution in [-0.4, -0.2) is 11.1 Å². The second-order valence-corrected chi connectivity index (χ2v) is 3.37. The molecule has 0 saturated heterocycles. The Labute approximate surface area is 82.3 Å². The van der Waals surface area contributed by atoms with E-state index in [9.17, 15) is 4.79 Å². The van der Waals surface area contributed by atoms with Gasteiger partial charge in [0.2, 0.25) is 0 Å². The number of aromatic carboxylic acids is 1. The minimum Gasteiger partial charge on any atom is -0.478 e. The molecule has 0 aromatic heterocycles. The molecule has 0 aliphatic carbocycles. The normalized spacial score (nSPS) is 9.83. The summed E-state index contributed by atoms with van der Waals surface area (Å²) < 4.78 is 0.522. The fraction of sp³-hybridized carbons (Fsp3) is 0. The number of halogens is 2. The number of benzene rings is 1. The lowest BCUT2D eigenvalue weighted by molar-refractivity contribution is 0.0697. The van der Waals surface area contributed by atoms with Gasteiger partial charge in [-0.2, -0.15) is 0 Å². The molecule has 3 nitrogen and oxygen atoms in total. The highest BCUT2D eigenvalue weighted by Crippen LogP contribution is 2.29. The van der Waals surface area contributed by atoms with Crippen LogP contribution in [0, 0.1) is 0 Å². The van der Waals surface area contributed by atoms with Crippen molar-refractivity contribution in [2.45, 2.75) is 0 Å². The fourth-order valence-corrected chi connectivity index (χ4v) is 1.19. The molecule has 0 radical (unpaired) electrons. The zero-order chi connectivity index (χ0) is 9.30. The summed E-state index contributed by atoms with van der Waals surface area (Å²) in [5, 5.41) is 8.89. The second kappa shape index (κ2) is 3.33. The smallest absolute Gasteiger partial charge is 0.335 e. The Morgan fingerprint density at radius 3 is 2.58 bits per heavy atom. The first-order valence-corrected chi connectivity index (χ1v) is 4.17. The van der Waals surface area contributed by atoms with Crippen LogP contribution in [-0.2, 0) is 0 Å². The van der Waals surface area contributed by atoms with Gasteiger partial charge in [0.05, 0.1) is 15.1 Å². The lowest BCUT2D eigenvalue weighted by atomic mass is 10.2. The highest BCUT2D eigenvalue weighted by molar-refractivity contribution is 9.10. The van der Waals surface area contributed by atoms with Crippen molar-refractivity contribution in [1.82, 2.24) is 0 Å². The summed E-state index contributed by atoms with van der Waals surface area (Å²) in [5.74, 6) is -1.05. The Morgan fingerprint density at radius 2 is 2.17 bits per heavy atom. The van der Waals surface area contributed by atoms with E-state index >= 15 is 0 Å². The molecule has 1 aromatic carbocycles. The van der Waals surface area contributed by atoms with Crippen LogP contribution in [0.3, 0.4) is 0 Å². The second-order valence-electron chi connectivity index (χ2n) is 2.17. The molecule has 0 spiro atoms. The molecule has 5 heteroatoms. The third kappa shape index (κ3) is 1.70. The maximum absolute atomic E-state index is 10.5. The van der Waals surface area contributed by atoms with Crippen LogP contribution in [0.25, 0.3) is 0 Å². The molecule has 12 heavy (non-hydrogen) atoms. The van der Waals surface area contributed by atoms with Gasteiger partial charge in [0.15, 0.2) is 0 Å². The average Bonchev–Trinajstić information content (AvgIpc) is 1.99. The van der Waals surface area contributed by atoms with Gasteiger partial charge in [0, 0.05) is 5.69 Å². The Kier molecular flexibility index (Phi) is 2.59. The number of nitrogens with two attached hydrogens (primary N) is 1. The van der Waals surface area contributed by atoms with Crippen LogP contribution in [0.5, 0.6) is 0 Å². The molecule has 0 saturated carbocycles. The number of carboxylic acids is 1. The van der Waals surface area contributed by atoms with E-state index < -0.39 is 5.97 Å². The van der Waals surface area contributed by atoms with Crippen molar-refractivity contribution in [3.05, 3.63) is 27.2 Å². The maximum Gasteiger partial charge on any atom is 0.335 e. The van der Waals surface area contributed by atoms with Crippen LogP contribution in [0.2, 0.25) is 5.02 Å². The van der Waals surface area contributed by atoms with Gasteiger partial charge in [-0.1, -0.05) is 11.6 Å². The summed E-state index contributed by atoms with van der Waals surface area (Å²) in [5.41, 5.74) is 5.87. The number of carbonyl (C=O) groups is 1. The van der Waals surface area contributed by atoms with Crippen LogP contribution in [0.4, 0.5) is 5.69 Å². The predicted octanol–water partition coefficient (Wildman–Crippen LogP) is 2.38. The summed E-state index contributed by atoms with van der Waals surface area (Å²) in [7, 11) is 0. The van der Waals surface area contributed by atoms with Gasteiger partial charge in [0.25, 0.3) is 0 Å². The fourth-order valence-electron chi connectivity index (χ4n) is 0.734. The van der Waals surface area contributed by atoms with Gasteiger partial charge < -0.3 is 10.8 Å². The first-order chi connectivity index (χ1) is 5.52. The molecule has 0 bridgehead atoms. The summed E-state index contributed by atoms with van der Waals surface area (Å²) in [6.07, 6.45) is 0. The van der Waals surface area contributed by atoms with E-state index in [-0.39, 0.29) is 5.56 Å². The molecular weight excluding hydrogens is 245 g/mol. The largest absolute Gasteiger partial charge is 0.478 e. The molecule has 0 unspecified atom stereocenters. The lowest BCUT2D eigenvalue weighted by Gasteiger charge is -2.02. The minimum absolute atomic E-state index is 0.0840. The first-order valence-electron chi connectivity index (χ1n) is 3.00. The monoisotopic (exact) mass is 249 g/mol. The standard InChI is InChI=1S/C7H5BrClNO2/c8-6-4(9)1-3(7(11)12)2-5(6)10/h1-2H,10H2,(H,11,12). The van der Waals surface area contributed by atoms with E-state index in [0.29, 0.717) is 15.2 Å². The molecule has 1 rings (SSSR count). The summed E-state index contributed by atoms with van der Waals surface area (Å²) in [6, 6.07) is 2.68. The van der Waals surface area contributed by atoms with E-state index in [1.165, 1.54) is 12.1 Å². The molecule has 1 aromatic rings. The number of hydrogen-bond acceptors (Lipinski definition) is 2. The van der Waals surface area contributed by atoms with Gasteiger partial charge in [0.1, 0.15) is 0 Å². The maximum atomic E-state index is 10.5. The average molecular weight is 250 g/mol. The molecule has 0 atom stereocenters. The topological polar surface area (TPSA) is 63.3 Å². The SMILES string of the molecule is Nc1cc(C(=O)O)cc(Cl)c1Br. The summed E-state index contributed by atoms with van der Waals surface area (Å²) in [4.78, 5) is 10.5. The van der Waals surface area contributed by atoms with Crippen molar-refractivity contribution in [3.8, 4) is 0 Å². The molecule has 0 fully saturated rings. The van der Waals surface area contributed by atoms with Crippen molar-refractivity contribution in [2.75, 3.05) is 5.73 Å². The van der Waals surface area contributed by atoms with Crippen LogP contribution >= 0.6 is 27.5 Å². The molecule has 64 valence electrons. The van der Waals surface area contributed by atoms with Gasteiger partial charge in [-0.25, -0.2) is 4.79 Å². The molecule has 0 aliphatic rings. The van der Waals surface area contributed by atoms with Crippen molar-refractivity contribution < 1.29 is 9.90 Å². The van der Waals surface area contributed by atoms with Crippen molar-refractivity contribution in [1.29, 1.82) is 0 Å². The van der Waals surface area contributed by atoms with Crippen molar-refractivity contribution in [2.24, 2.45) is 0 Å². The number of rotatable bonds is 1. The quantitative estimate of drug-likeness (QED) is 0.752. The van der Waals surface area contributed by atoms with Gasteiger partial charge in [-0.05, 0) is 28.1 Å². The Bertz CT molecular complexity index is 317. The summed E-state index contributed by atoms with van der Waals surface area (Å²) >= 11 is 8.79. The summed E-state index contributed by atoms with van der Waals surface area (Å²) in [6.45, 7) is 0. The Morgan fingerprint density at radius 1 is 1.58 bits per heavy atom. The van der Waals surface area contributed by atoms with Gasteiger partial charge >= 0.3 is 5.97 Å². The third-order valence-electron chi connectivity index (χ3n) is 1.30. The third-order valence-corrected chi connectivity index (χ3v) is 2.71. The lowest BCUT2D eigenvalue weighted by Crippen LogP contribution is -1.98. The van der Waals surface area contributed by atoms with E-state index in [1.807, 2.05) is 0 Å². The van der Waals surface area contributed by atoms with Crippen molar-refractivity contribution >= 4 is 39.2 Å². The Balaban J connectivity index is 3.31. The van der Waals surface area contributed by atoms with Gasteiger partial charge in [-0.15, -0.1) is 0 Å². The first kappa shape index (κ1) is 9.35. The zero-order valence-corrected chi connectivity index (χ0v) is 8.19. The van der Waals surface area contributed by atoms with E-state index in [0.717, 1.165) is 0 Å². The zero-order valence-electron chi connectivity index (χ0n) is 5.84. The van der Waals surface area contributed by atoms with E-state index in [2.05, 4.69) is 15.9 Å². The van der Waals surface area contributed by atoms with Crippen LogP contribution in [0.15, 0.2) is 16.6 Å².